The molecular weight excluding hydrogens is 430 g/mol. The maximum atomic E-state index is 6.40. The van der Waals surface area contributed by atoms with Crippen LogP contribution in [0.15, 0.2) is 18.7 Å². The van der Waals surface area contributed by atoms with E-state index in [2.05, 4.69) is 132 Å². The average Bonchev–Trinajstić information content (AvgIpc) is 3.16. The molecule has 1 aromatic rings. The van der Waals surface area contributed by atoms with E-state index in [1.165, 1.54) is 0 Å². The molecule has 0 saturated heterocycles. The van der Waals surface area contributed by atoms with Crippen molar-refractivity contribution in [3.8, 4) is 12.0 Å². The van der Waals surface area contributed by atoms with Gasteiger partial charge in [0.25, 0.3) is 0 Å². The first-order chi connectivity index (χ1) is 15.9. The predicted molar refractivity (Wildman–Crippen MR) is 150 cm³/mol. The average molecular weight is 488 g/mol. The smallest absolute Gasteiger partial charge is 0.248 e. The fraction of sp³-hybridized carbons (Fsp3) is 0.800. The molecule has 0 aliphatic carbocycles. The molecule has 2 unspecified atom stereocenters. The standard InChI is InChI=1S/C28H51N5.C2H6/c1-25(2,3)19-23(26(4,5)6)33-18-17-31(22-33)16-15-30-13-12-14-32(21-30)24(27(7,8)9)20-28(10,11)29;1-2/h17-18,21-24H,13,15-16,19-20,29H2,1-11H3;1-2H3/q+2;. The van der Waals surface area contributed by atoms with E-state index >= 15 is 0 Å². The lowest BCUT2D eigenvalue weighted by atomic mass is 9.77. The van der Waals surface area contributed by atoms with Crippen LogP contribution in [0.2, 0.25) is 0 Å². The van der Waals surface area contributed by atoms with E-state index in [0.717, 1.165) is 32.5 Å². The van der Waals surface area contributed by atoms with Gasteiger partial charge in [-0.25, -0.2) is 9.13 Å². The summed E-state index contributed by atoms with van der Waals surface area (Å²) in [5, 5.41) is 0. The topological polar surface area (TPSA) is 41.1 Å². The van der Waals surface area contributed by atoms with Crippen molar-refractivity contribution in [2.75, 3.05) is 13.1 Å². The Morgan fingerprint density at radius 1 is 0.857 bits per heavy atom. The van der Waals surface area contributed by atoms with Crippen molar-refractivity contribution in [2.24, 2.45) is 22.0 Å². The third-order valence-electron chi connectivity index (χ3n) is 6.36. The Hall–Kier alpha value is -1.80. The zero-order chi connectivity index (χ0) is 27.2. The van der Waals surface area contributed by atoms with Gasteiger partial charge in [0.15, 0.2) is 0 Å². The summed E-state index contributed by atoms with van der Waals surface area (Å²) in [6.07, 6.45) is 11.0. The molecular formula is C30H57N5+2. The molecule has 35 heavy (non-hydrogen) atoms. The Morgan fingerprint density at radius 2 is 1.43 bits per heavy atom. The van der Waals surface area contributed by atoms with Crippen LogP contribution in [0.25, 0.3) is 0 Å². The number of nitrogens with zero attached hydrogens (tertiary/aromatic N) is 4. The molecule has 5 heteroatoms. The highest BCUT2D eigenvalue weighted by Gasteiger charge is 2.38. The Bertz CT molecular complexity index is 869. The first-order valence-corrected chi connectivity index (χ1v) is 13.6. The van der Waals surface area contributed by atoms with Crippen LogP contribution in [-0.4, -0.2) is 45.1 Å². The van der Waals surface area contributed by atoms with Crippen LogP contribution in [0.3, 0.4) is 0 Å². The van der Waals surface area contributed by atoms with Crippen LogP contribution in [0, 0.1) is 28.2 Å². The van der Waals surface area contributed by atoms with Crippen LogP contribution < -0.4 is 10.3 Å². The SMILES string of the molecule is CC.CC(C)(C)CC(n1cc[n+](CC[N+]2=CN(C(CC(C)(C)N)C(C)(C)C)C#CC2)c1)C(C)(C)C. The number of aromatic nitrogens is 2. The van der Waals surface area contributed by atoms with Crippen molar-refractivity contribution in [3.63, 3.8) is 0 Å². The highest BCUT2D eigenvalue weighted by Crippen LogP contribution is 2.39. The highest BCUT2D eigenvalue weighted by atomic mass is 15.2. The highest BCUT2D eigenvalue weighted by molar-refractivity contribution is 5.55. The van der Waals surface area contributed by atoms with Gasteiger partial charge in [0.05, 0.1) is 0 Å². The van der Waals surface area contributed by atoms with E-state index in [0.29, 0.717) is 11.5 Å². The largest absolute Gasteiger partial charge is 0.325 e. The van der Waals surface area contributed by atoms with Gasteiger partial charge < -0.3 is 5.73 Å². The molecule has 5 nitrogen and oxygen atoms in total. The van der Waals surface area contributed by atoms with Gasteiger partial charge in [-0.3, -0.25) is 4.58 Å². The summed E-state index contributed by atoms with van der Waals surface area (Å²) < 4.78 is 7.06. The Morgan fingerprint density at radius 3 is 1.91 bits per heavy atom. The molecule has 0 saturated carbocycles. The molecule has 1 aliphatic rings. The molecule has 1 aromatic heterocycles. The van der Waals surface area contributed by atoms with Gasteiger partial charge in [-0.05, 0) is 31.6 Å². The van der Waals surface area contributed by atoms with Crippen molar-refractivity contribution in [1.82, 2.24) is 9.47 Å². The third kappa shape index (κ3) is 10.8. The van der Waals surface area contributed by atoms with Crippen LogP contribution >= 0.6 is 0 Å². The van der Waals surface area contributed by atoms with Crippen LogP contribution in [-0.2, 0) is 6.54 Å². The van der Waals surface area contributed by atoms with Gasteiger partial charge in [0, 0.05) is 22.8 Å². The van der Waals surface area contributed by atoms with E-state index in [1.807, 2.05) is 13.8 Å². The molecule has 0 fully saturated rings. The molecule has 2 N–H and O–H groups in total. The van der Waals surface area contributed by atoms with Crippen molar-refractivity contribution >= 4 is 6.34 Å². The first kappa shape index (κ1) is 31.2. The second-order valence-electron chi connectivity index (χ2n) is 14.1. The van der Waals surface area contributed by atoms with E-state index < -0.39 is 0 Å². The monoisotopic (exact) mass is 487 g/mol. The summed E-state index contributed by atoms with van der Waals surface area (Å²) in [5.41, 5.74) is 6.75. The molecule has 2 atom stereocenters. The summed E-state index contributed by atoms with van der Waals surface area (Å²) in [6, 6.07) is 4.09. The molecule has 1 aliphatic heterocycles. The Balaban J connectivity index is 0.00000298. The molecule has 0 radical (unpaired) electrons. The van der Waals surface area contributed by atoms with E-state index in [4.69, 9.17) is 5.73 Å². The van der Waals surface area contributed by atoms with Crippen molar-refractivity contribution in [1.29, 1.82) is 0 Å². The van der Waals surface area contributed by atoms with Gasteiger partial charge >= 0.3 is 0 Å². The zero-order valence-electron chi connectivity index (χ0n) is 25.4. The van der Waals surface area contributed by atoms with Gasteiger partial charge in [-0.1, -0.05) is 76.2 Å². The van der Waals surface area contributed by atoms with E-state index in [9.17, 15) is 0 Å². The summed E-state index contributed by atoms with van der Waals surface area (Å²) in [7, 11) is 0. The summed E-state index contributed by atoms with van der Waals surface area (Å²) in [5.74, 6) is 3.34. The van der Waals surface area contributed by atoms with Crippen molar-refractivity contribution in [3.05, 3.63) is 18.7 Å². The summed E-state index contributed by atoms with van der Waals surface area (Å²) in [4.78, 5) is 2.20. The maximum absolute atomic E-state index is 6.40. The molecule has 200 valence electrons. The fourth-order valence-corrected chi connectivity index (χ4v) is 4.50. The number of hydrogen-bond donors (Lipinski definition) is 1. The minimum Gasteiger partial charge on any atom is -0.325 e. The second-order valence-corrected chi connectivity index (χ2v) is 14.1. The number of hydrogen-bond acceptors (Lipinski definition) is 2. The number of imidazole rings is 1. The quantitative estimate of drug-likeness (QED) is 0.378. The second kappa shape index (κ2) is 12.0. The normalized spacial score (nSPS) is 16.5. The molecule has 0 spiro atoms. The lowest BCUT2D eigenvalue weighted by Crippen LogP contribution is -2.50. The van der Waals surface area contributed by atoms with Gasteiger partial charge in [0.2, 0.25) is 12.7 Å². The Kier molecular flexibility index (Phi) is 10.7. The summed E-state index contributed by atoms with van der Waals surface area (Å²) in [6.45, 7) is 31.7. The fourth-order valence-electron chi connectivity index (χ4n) is 4.50. The summed E-state index contributed by atoms with van der Waals surface area (Å²) >= 11 is 0. The van der Waals surface area contributed by atoms with Crippen LogP contribution in [0.1, 0.15) is 109 Å². The lowest BCUT2D eigenvalue weighted by Gasteiger charge is -2.36. The third-order valence-corrected chi connectivity index (χ3v) is 6.36. The van der Waals surface area contributed by atoms with E-state index in [1.54, 1.807) is 0 Å². The number of nitrogens with two attached hydrogens (primary N) is 1. The van der Waals surface area contributed by atoms with Crippen LogP contribution in [0.5, 0.6) is 0 Å². The number of rotatable bonds is 8. The van der Waals surface area contributed by atoms with Gasteiger partial charge in [-0.15, -0.1) is 0 Å². The first-order valence-electron chi connectivity index (χ1n) is 13.6. The molecule has 2 rings (SSSR count). The molecule has 2 heterocycles. The van der Waals surface area contributed by atoms with Gasteiger partial charge in [0.1, 0.15) is 50.2 Å². The van der Waals surface area contributed by atoms with Crippen molar-refractivity contribution < 1.29 is 9.14 Å². The van der Waals surface area contributed by atoms with Gasteiger partial charge in [-0.2, -0.15) is 4.90 Å². The lowest BCUT2D eigenvalue weighted by molar-refractivity contribution is -0.721. The van der Waals surface area contributed by atoms with Crippen molar-refractivity contribution in [2.45, 2.75) is 127 Å². The molecule has 0 amide bonds. The molecule has 0 aromatic carbocycles. The minimum atomic E-state index is -0.231. The Labute approximate surface area is 217 Å². The maximum Gasteiger partial charge on any atom is 0.248 e. The van der Waals surface area contributed by atoms with Crippen LogP contribution in [0.4, 0.5) is 0 Å². The van der Waals surface area contributed by atoms with E-state index in [-0.39, 0.29) is 22.4 Å². The molecule has 0 bridgehead atoms. The zero-order valence-corrected chi connectivity index (χ0v) is 25.4. The minimum absolute atomic E-state index is 0.0891. The predicted octanol–water partition coefficient (Wildman–Crippen LogP) is 5.68.